The lowest BCUT2D eigenvalue weighted by Gasteiger charge is -2.26. The van der Waals surface area contributed by atoms with Gasteiger partial charge >= 0.3 is 5.97 Å². The van der Waals surface area contributed by atoms with Gasteiger partial charge < -0.3 is 4.74 Å². The first-order valence-electron chi connectivity index (χ1n) is 5.14. The normalized spacial score (nSPS) is 16.1. The summed E-state index contributed by atoms with van der Waals surface area (Å²) in [6, 6.07) is 2.18. The number of carbonyl (C=O) groups is 1. The zero-order chi connectivity index (χ0) is 10.7. The Morgan fingerprint density at radius 3 is 3.33 bits per heavy atom. The number of hydrogen-bond donors (Lipinski definition) is 0. The fourth-order valence-electron chi connectivity index (χ4n) is 1.85. The minimum absolute atomic E-state index is 0.119. The van der Waals surface area contributed by atoms with E-state index >= 15 is 0 Å². The molecule has 1 aliphatic heterocycles. The van der Waals surface area contributed by atoms with Crippen LogP contribution in [0.15, 0.2) is 11.4 Å². The molecular formula is C11H15NO2S. The van der Waals surface area contributed by atoms with Crippen LogP contribution in [0.2, 0.25) is 0 Å². The van der Waals surface area contributed by atoms with Gasteiger partial charge in [-0.1, -0.05) is 0 Å². The molecule has 2 rings (SSSR count). The highest BCUT2D eigenvalue weighted by atomic mass is 32.1. The van der Waals surface area contributed by atoms with Crippen LogP contribution in [-0.2, 0) is 22.5 Å². The van der Waals surface area contributed by atoms with E-state index in [4.69, 9.17) is 0 Å². The van der Waals surface area contributed by atoms with E-state index in [0.717, 1.165) is 26.1 Å². The Morgan fingerprint density at radius 1 is 1.67 bits per heavy atom. The molecular weight excluding hydrogens is 210 g/mol. The van der Waals surface area contributed by atoms with Gasteiger partial charge in [0, 0.05) is 24.5 Å². The monoisotopic (exact) mass is 225 g/mol. The van der Waals surface area contributed by atoms with Crippen LogP contribution in [0.1, 0.15) is 16.9 Å². The van der Waals surface area contributed by atoms with Gasteiger partial charge in [-0.25, -0.2) is 0 Å². The maximum atomic E-state index is 11.0. The first kappa shape index (κ1) is 10.6. The molecule has 0 bridgehead atoms. The van der Waals surface area contributed by atoms with E-state index in [-0.39, 0.29) is 5.97 Å². The lowest BCUT2D eigenvalue weighted by Crippen LogP contribution is -2.31. The first-order valence-corrected chi connectivity index (χ1v) is 6.02. The molecule has 1 aromatic rings. The van der Waals surface area contributed by atoms with E-state index in [1.807, 2.05) is 11.3 Å². The third kappa shape index (κ3) is 2.58. The summed E-state index contributed by atoms with van der Waals surface area (Å²) < 4.78 is 4.63. The van der Waals surface area contributed by atoms with E-state index in [1.165, 1.54) is 17.6 Å². The summed E-state index contributed by atoms with van der Waals surface area (Å²) in [5.74, 6) is -0.119. The van der Waals surface area contributed by atoms with E-state index in [0.29, 0.717) is 6.42 Å². The molecule has 82 valence electrons. The molecule has 0 saturated heterocycles. The van der Waals surface area contributed by atoms with Gasteiger partial charge in [-0.15, -0.1) is 11.3 Å². The SMILES string of the molecule is COC(=O)CCN1CCc2sccc2C1. The Labute approximate surface area is 93.7 Å². The standard InChI is InChI=1S/C11H15NO2S/c1-14-11(13)3-6-12-5-2-10-9(8-12)4-7-15-10/h4,7H,2-3,5-6,8H2,1H3. The van der Waals surface area contributed by atoms with Crippen LogP contribution in [0.25, 0.3) is 0 Å². The van der Waals surface area contributed by atoms with Crippen LogP contribution >= 0.6 is 11.3 Å². The van der Waals surface area contributed by atoms with Gasteiger partial charge in [-0.3, -0.25) is 9.69 Å². The van der Waals surface area contributed by atoms with Gasteiger partial charge in [-0.05, 0) is 23.4 Å². The minimum Gasteiger partial charge on any atom is -0.469 e. The maximum Gasteiger partial charge on any atom is 0.306 e. The highest BCUT2D eigenvalue weighted by Gasteiger charge is 2.17. The summed E-state index contributed by atoms with van der Waals surface area (Å²) in [7, 11) is 1.44. The Bertz CT molecular complexity index is 348. The molecule has 0 radical (unpaired) electrons. The molecule has 0 atom stereocenters. The van der Waals surface area contributed by atoms with Crippen molar-refractivity contribution in [2.45, 2.75) is 19.4 Å². The number of fused-ring (bicyclic) bond motifs is 1. The third-order valence-electron chi connectivity index (χ3n) is 2.75. The fourth-order valence-corrected chi connectivity index (χ4v) is 2.74. The van der Waals surface area contributed by atoms with E-state index in [2.05, 4.69) is 21.1 Å². The number of rotatable bonds is 3. The van der Waals surface area contributed by atoms with Crippen molar-refractivity contribution >= 4 is 17.3 Å². The zero-order valence-electron chi connectivity index (χ0n) is 8.86. The van der Waals surface area contributed by atoms with Crippen molar-refractivity contribution in [3.05, 3.63) is 21.9 Å². The average Bonchev–Trinajstić information content (AvgIpc) is 2.72. The molecule has 3 nitrogen and oxygen atoms in total. The Balaban J connectivity index is 1.85. The van der Waals surface area contributed by atoms with E-state index < -0.39 is 0 Å². The largest absolute Gasteiger partial charge is 0.469 e. The van der Waals surface area contributed by atoms with Crippen molar-refractivity contribution in [2.24, 2.45) is 0 Å². The predicted molar refractivity (Wildman–Crippen MR) is 59.9 cm³/mol. The second-order valence-electron chi connectivity index (χ2n) is 3.72. The lowest BCUT2D eigenvalue weighted by molar-refractivity contribution is -0.141. The smallest absolute Gasteiger partial charge is 0.306 e. The summed E-state index contributed by atoms with van der Waals surface area (Å²) in [6.07, 6.45) is 1.62. The summed E-state index contributed by atoms with van der Waals surface area (Å²) in [5, 5.41) is 2.15. The summed E-state index contributed by atoms with van der Waals surface area (Å²) in [4.78, 5) is 14.8. The molecule has 4 heteroatoms. The van der Waals surface area contributed by atoms with Crippen LogP contribution < -0.4 is 0 Å². The van der Waals surface area contributed by atoms with Crippen LogP contribution in [0.3, 0.4) is 0 Å². The van der Waals surface area contributed by atoms with Crippen LogP contribution in [0.4, 0.5) is 0 Å². The van der Waals surface area contributed by atoms with Gasteiger partial charge in [0.05, 0.1) is 13.5 Å². The molecule has 0 spiro atoms. The van der Waals surface area contributed by atoms with Gasteiger partial charge in [0.15, 0.2) is 0 Å². The summed E-state index contributed by atoms with van der Waals surface area (Å²) in [6.45, 7) is 2.85. The van der Waals surface area contributed by atoms with Crippen molar-refractivity contribution < 1.29 is 9.53 Å². The Morgan fingerprint density at radius 2 is 2.53 bits per heavy atom. The van der Waals surface area contributed by atoms with Crippen molar-refractivity contribution in [3.8, 4) is 0 Å². The number of methoxy groups -OCH3 is 1. The number of nitrogens with zero attached hydrogens (tertiary/aromatic N) is 1. The highest BCUT2D eigenvalue weighted by Crippen LogP contribution is 2.23. The lowest BCUT2D eigenvalue weighted by atomic mass is 10.1. The van der Waals surface area contributed by atoms with Gasteiger partial charge in [0.25, 0.3) is 0 Å². The quantitative estimate of drug-likeness (QED) is 0.733. The minimum atomic E-state index is -0.119. The molecule has 0 aromatic carbocycles. The van der Waals surface area contributed by atoms with Crippen molar-refractivity contribution in [1.82, 2.24) is 4.90 Å². The van der Waals surface area contributed by atoms with Gasteiger partial charge in [0.1, 0.15) is 0 Å². The fraction of sp³-hybridized carbons (Fsp3) is 0.545. The number of hydrogen-bond acceptors (Lipinski definition) is 4. The highest BCUT2D eigenvalue weighted by molar-refractivity contribution is 7.10. The third-order valence-corrected chi connectivity index (χ3v) is 3.77. The molecule has 15 heavy (non-hydrogen) atoms. The van der Waals surface area contributed by atoms with Crippen LogP contribution in [0.5, 0.6) is 0 Å². The van der Waals surface area contributed by atoms with Crippen molar-refractivity contribution in [3.63, 3.8) is 0 Å². The summed E-state index contributed by atoms with van der Waals surface area (Å²) >= 11 is 1.84. The number of carbonyl (C=O) groups excluding carboxylic acids is 1. The van der Waals surface area contributed by atoms with Gasteiger partial charge in [-0.2, -0.15) is 0 Å². The Kier molecular flexibility index (Phi) is 3.38. The molecule has 0 fully saturated rings. The second-order valence-corrected chi connectivity index (χ2v) is 4.72. The zero-order valence-corrected chi connectivity index (χ0v) is 9.68. The van der Waals surface area contributed by atoms with Crippen molar-refractivity contribution in [2.75, 3.05) is 20.2 Å². The maximum absolute atomic E-state index is 11.0. The summed E-state index contributed by atoms with van der Waals surface area (Å²) in [5.41, 5.74) is 1.43. The second kappa shape index (κ2) is 4.77. The Hall–Kier alpha value is -0.870. The molecule has 0 unspecified atom stereocenters. The molecule has 1 aliphatic rings. The molecule has 0 aliphatic carbocycles. The van der Waals surface area contributed by atoms with Crippen LogP contribution in [0, 0.1) is 0 Å². The predicted octanol–water partition coefficient (Wildman–Crippen LogP) is 1.67. The van der Waals surface area contributed by atoms with E-state index in [1.54, 1.807) is 0 Å². The first-order chi connectivity index (χ1) is 7.29. The van der Waals surface area contributed by atoms with Crippen LogP contribution in [-0.4, -0.2) is 31.1 Å². The number of thiophene rings is 1. The van der Waals surface area contributed by atoms with Gasteiger partial charge in [0.2, 0.25) is 0 Å². The molecule has 1 aromatic heterocycles. The molecule has 0 N–H and O–H groups in total. The van der Waals surface area contributed by atoms with Crippen molar-refractivity contribution in [1.29, 1.82) is 0 Å². The molecule has 0 saturated carbocycles. The number of esters is 1. The van der Waals surface area contributed by atoms with E-state index in [9.17, 15) is 4.79 Å². The topological polar surface area (TPSA) is 29.5 Å². The molecule has 0 amide bonds. The average molecular weight is 225 g/mol. The number of ether oxygens (including phenoxy) is 1. The molecule has 2 heterocycles.